The molecule has 0 saturated carbocycles. The zero-order chi connectivity index (χ0) is 15.5. The number of carbonyl (C=O) groups is 1. The highest BCUT2D eigenvalue weighted by atomic mass is 31.2. The first kappa shape index (κ1) is 15.4. The zero-order valence-electron chi connectivity index (χ0n) is 11.1. The maximum Gasteiger partial charge on any atom is 0.329 e. The molecule has 0 aliphatic carbocycles. The van der Waals surface area contributed by atoms with Crippen LogP contribution in [-0.2, 0) is 21.9 Å². The monoisotopic (exact) mass is 306 g/mol. The number of hydrogen-bond acceptors (Lipinski definition) is 3. The maximum absolute atomic E-state index is 11.0. The van der Waals surface area contributed by atoms with Crippen molar-refractivity contribution >= 4 is 13.9 Å². The van der Waals surface area contributed by atoms with E-state index in [0.717, 1.165) is 17.4 Å². The van der Waals surface area contributed by atoms with Crippen molar-refractivity contribution in [2.45, 2.75) is 12.6 Å². The van der Waals surface area contributed by atoms with Crippen LogP contribution in [0.4, 0.5) is 0 Å². The van der Waals surface area contributed by atoms with Crippen molar-refractivity contribution < 1.29 is 24.3 Å². The fraction of sp³-hybridized carbons (Fsp3) is 0.133. The van der Waals surface area contributed by atoms with E-state index in [1.807, 2.05) is 0 Å². The van der Waals surface area contributed by atoms with Gasteiger partial charge in [-0.05, 0) is 34.4 Å². The lowest BCUT2D eigenvalue weighted by Crippen LogP contribution is -1.92. The number of aromatic hydroxyl groups is 1. The second-order valence-electron chi connectivity index (χ2n) is 4.73. The van der Waals surface area contributed by atoms with Gasteiger partial charge in [-0.1, -0.05) is 30.3 Å². The second-order valence-corrected chi connectivity index (χ2v) is 6.38. The third-order valence-electron chi connectivity index (χ3n) is 3.05. The van der Waals surface area contributed by atoms with E-state index in [9.17, 15) is 14.5 Å². The summed E-state index contributed by atoms with van der Waals surface area (Å²) in [4.78, 5) is 28.6. The van der Waals surface area contributed by atoms with Crippen LogP contribution in [0.1, 0.15) is 11.1 Å². The quantitative estimate of drug-likeness (QED) is 0.582. The predicted molar refractivity (Wildman–Crippen MR) is 79.1 cm³/mol. The topological polar surface area (TPSA) is 94.8 Å². The maximum atomic E-state index is 11.0. The van der Waals surface area contributed by atoms with Gasteiger partial charge in [-0.3, -0.25) is 4.57 Å². The summed E-state index contributed by atoms with van der Waals surface area (Å²) in [5, 5.41) is 9.48. The number of benzene rings is 2. The van der Waals surface area contributed by atoms with E-state index in [-0.39, 0.29) is 18.3 Å². The van der Waals surface area contributed by atoms with Crippen molar-refractivity contribution in [3.05, 3.63) is 53.6 Å². The van der Waals surface area contributed by atoms with Crippen LogP contribution in [0.2, 0.25) is 0 Å². The third-order valence-corrected chi connectivity index (χ3v) is 3.82. The molecular weight excluding hydrogens is 291 g/mol. The Hall–Kier alpha value is -1.94. The molecule has 0 fully saturated rings. The standard InChI is InChI=1S/C15H15O5P/c16-8-7-13-9-14(17)5-6-15(13)12-3-1-11(2-4-12)10-21(18,19)20/h1-6,8-9,17H,7,10H2,(H2,18,19,20). The van der Waals surface area contributed by atoms with Gasteiger partial charge in [0.15, 0.2) is 0 Å². The highest BCUT2D eigenvalue weighted by Gasteiger charge is 2.14. The van der Waals surface area contributed by atoms with Gasteiger partial charge >= 0.3 is 7.60 Å². The number of phenols is 1. The fourth-order valence-corrected chi connectivity index (χ4v) is 2.83. The number of rotatable bonds is 5. The van der Waals surface area contributed by atoms with E-state index in [1.54, 1.807) is 30.3 Å². The summed E-state index contributed by atoms with van der Waals surface area (Å²) in [5.41, 5.74) is 2.87. The van der Waals surface area contributed by atoms with Gasteiger partial charge in [-0.2, -0.15) is 0 Å². The van der Waals surface area contributed by atoms with Crippen LogP contribution in [0.3, 0.4) is 0 Å². The fourth-order valence-electron chi connectivity index (χ4n) is 2.15. The number of aldehydes is 1. The Bertz CT molecular complexity index is 688. The summed E-state index contributed by atoms with van der Waals surface area (Å²) in [6, 6.07) is 11.6. The summed E-state index contributed by atoms with van der Waals surface area (Å²) < 4.78 is 11.0. The first-order chi connectivity index (χ1) is 9.89. The molecule has 0 unspecified atom stereocenters. The molecule has 0 atom stereocenters. The molecule has 2 aromatic carbocycles. The Morgan fingerprint density at radius 1 is 1.05 bits per heavy atom. The molecule has 110 valence electrons. The molecule has 0 aliphatic rings. The van der Waals surface area contributed by atoms with E-state index in [1.165, 1.54) is 12.1 Å². The summed E-state index contributed by atoms with van der Waals surface area (Å²) >= 11 is 0. The van der Waals surface area contributed by atoms with Crippen molar-refractivity contribution in [1.29, 1.82) is 0 Å². The first-order valence-corrected chi connectivity index (χ1v) is 8.08. The molecule has 2 rings (SSSR count). The Kier molecular flexibility index (Phi) is 4.58. The Morgan fingerprint density at radius 3 is 2.29 bits per heavy atom. The Morgan fingerprint density at radius 2 is 1.71 bits per heavy atom. The minimum absolute atomic E-state index is 0.0914. The highest BCUT2D eigenvalue weighted by Crippen LogP contribution is 2.39. The molecular formula is C15H15O5P. The van der Waals surface area contributed by atoms with Gasteiger partial charge < -0.3 is 19.7 Å². The SMILES string of the molecule is O=CCc1cc(O)ccc1-c1ccc(CP(=O)(O)O)cc1. The van der Waals surface area contributed by atoms with Crippen molar-refractivity contribution in [3.8, 4) is 16.9 Å². The average molecular weight is 306 g/mol. The number of phenolic OH excluding ortho intramolecular Hbond substituents is 1. The molecule has 0 radical (unpaired) electrons. The molecule has 21 heavy (non-hydrogen) atoms. The van der Waals surface area contributed by atoms with Crippen LogP contribution in [0, 0.1) is 0 Å². The summed E-state index contributed by atoms with van der Waals surface area (Å²) in [7, 11) is -4.08. The third kappa shape index (κ3) is 4.26. The van der Waals surface area contributed by atoms with Gasteiger partial charge in [0.2, 0.25) is 0 Å². The van der Waals surface area contributed by atoms with Gasteiger partial charge in [-0.15, -0.1) is 0 Å². The van der Waals surface area contributed by atoms with Crippen LogP contribution in [0.25, 0.3) is 11.1 Å². The molecule has 0 heterocycles. The van der Waals surface area contributed by atoms with Crippen molar-refractivity contribution in [1.82, 2.24) is 0 Å². The number of hydrogen-bond donors (Lipinski definition) is 3. The lowest BCUT2D eigenvalue weighted by atomic mass is 9.97. The van der Waals surface area contributed by atoms with Gasteiger partial charge in [0.25, 0.3) is 0 Å². The largest absolute Gasteiger partial charge is 0.508 e. The van der Waals surface area contributed by atoms with Gasteiger partial charge in [0.1, 0.15) is 12.0 Å². The number of carbonyl (C=O) groups excluding carboxylic acids is 1. The molecule has 0 aromatic heterocycles. The summed E-state index contributed by atoms with van der Waals surface area (Å²) in [6.45, 7) is 0. The summed E-state index contributed by atoms with van der Waals surface area (Å²) in [5.74, 6) is 0.0914. The van der Waals surface area contributed by atoms with E-state index in [0.29, 0.717) is 11.1 Å². The van der Waals surface area contributed by atoms with Crippen LogP contribution < -0.4 is 0 Å². The molecule has 0 spiro atoms. The smallest absolute Gasteiger partial charge is 0.329 e. The molecule has 0 aliphatic heterocycles. The van der Waals surface area contributed by atoms with Crippen molar-refractivity contribution in [2.24, 2.45) is 0 Å². The van der Waals surface area contributed by atoms with Crippen LogP contribution in [0.5, 0.6) is 5.75 Å². The van der Waals surface area contributed by atoms with E-state index in [4.69, 9.17) is 9.79 Å². The summed E-state index contributed by atoms with van der Waals surface area (Å²) in [6.07, 6.45) is 0.651. The highest BCUT2D eigenvalue weighted by molar-refractivity contribution is 7.50. The van der Waals surface area contributed by atoms with Crippen LogP contribution >= 0.6 is 7.60 Å². The van der Waals surface area contributed by atoms with E-state index >= 15 is 0 Å². The zero-order valence-corrected chi connectivity index (χ0v) is 12.0. The Balaban J connectivity index is 2.34. The van der Waals surface area contributed by atoms with Crippen molar-refractivity contribution in [3.63, 3.8) is 0 Å². The minimum Gasteiger partial charge on any atom is -0.508 e. The lowest BCUT2D eigenvalue weighted by molar-refractivity contribution is -0.107. The van der Waals surface area contributed by atoms with Gasteiger partial charge in [0.05, 0.1) is 6.16 Å². The second kappa shape index (κ2) is 6.22. The van der Waals surface area contributed by atoms with Crippen LogP contribution in [-0.4, -0.2) is 21.2 Å². The lowest BCUT2D eigenvalue weighted by Gasteiger charge is -2.10. The molecule has 6 heteroatoms. The average Bonchev–Trinajstić information content (AvgIpc) is 2.39. The van der Waals surface area contributed by atoms with E-state index < -0.39 is 7.60 Å². The molecule has 0 amide bonds. The Labute approximate surface area is 122 Å². The van der Waals surface area contributed by atoms with Crippen LogP contribution in [0.15, 0.2) is 42.5 Å². The molecule has 5 nitrogen and oxygen atoms in total. The predicted octanol–water partition coefficient (Wildman–Crippen LogP) is 2.48. The van der Waals surface area contributed by atoms with E-state index in [2.05, 4.69) is 0 Å². The minimum atomic E-state index is -4.08. The van der Waals surface area contributed by atoms with Crippen molar-refractivity contribution in [2.75, 3.05) is 0 Å². The molecule has 2 aromatic rings. The van der Waals surface area contributed by atoms with Gasteiger partial charge in [-0.25, -0.2) is 0 Å². The molecule has 0 bridgehead atoms. The molecule has 0 saturated heterocycles. The van der Waals surface area contributed by atoms with Gasteiger partial charge in [0, 0.05) is 6.42 Å². The normalized spacial score (nSPS) is 11.3. The molecule has 3 N–H and O–H groups in total. The first-order valence-electron chi connectivity index (χ1n) is 6.28.